The first-order valence-electron chi connectivity index (χ1n) is 12.5. The molecule has 2 aromatic rings. The maximum absolute atomic E-state index is 13.7. The molecule has 37 heavy (non-hydrogen) atoms. The van der Waals surface area contributed by atoms with Gasteiger partial charge >= 0.3 is 0 Å². The normalized spacial score (nSPS) is 16.3. The number of phenols is 1. The van der Waals surface area contributed by atoms with Gasteiger partial charge in [-0.1, -0.05) is 74.5 Å². The van der Waals surface area contributed by atoms with Crippen LogP contribution in [-0.4, -0.2) is 34.8 Å². The summed E-state index contributed by atoms with van der Waals surface area (Å²) in [6, 6.07) is 7.39. The molecule has 0 heterocycles. The first-order chi connectivity index (χ1) is 17.5. The van der Waals surface area contributed by atoms with Crippen LogP contribution >= 0.6 is 34.8 Å². The lowest BCUT2D eigenvalue weighted by Crippen LogP contribution is -2.55. The van der Waals surface area contributed by atoms with Crippen LogP contribution in [0.3, 0.4) is 0 Å². The van der Waals surface area contributed by atoms with E-state index in [1.54, 1.807) is 12.1 Å². The molecule has 1 unspecified atom stereocenters. The van der Waals surface area contributed by atoms with E-state index in [1.165, 1.54) is 24.3 Å². The Labute approximate surface area is 233 Å². The molecule has 3 atom stereocenters. The molecule has 3 rings (SSSR count). The highest BCUT2D eigenvalue weighted by molar-refractivity contribution is 6.35. The summed E-state index contributed by atoms with van der Waals surface area (Å²) in [4.78, 5) is 40.2. The molecular formula is C28H33Cl3N2O4. The zero-order valence-electron chi connectivity index (χ0n) is 21.2. The summed E-state index contributed by atoms with van der Waals surface area (Å²) < 4.78 is 0. The number of carbonyl (C=O) groups excluding carboxylic acids is 3. The summed E-state index contributed by atoms with van der Waals surface area (Å²) in [6.07, 6.45) is 3.86. The van der Waals surface area contributed by atoms with Crippen molar-refractivity contribution in [1.82, 2.24) is 10.6 Å². The highest BCUT2D eigenvalue weighted by Crippen LogP contribution is 2.31. The molecule has 9 heteroatoms. The summed E-state index contributed by atoms with van der Waals surface area (Å²) in [5.74, 6) is -1.10. The molecule has 0 saturated heterocycles. The van der Waals surface area contributed by atoms with Gasteiger partial charge in [0.1, 0.15) is 11.8 Å². The van der Waals surface area contributed by atoms with E-state index in [-0.39, 0.29) is 46.3 Å². The van der Waals surface area contributed by atoms with Gasteiger partial charge in [0.05, 0.1) is 11.1 Å². The molecule has 1 fully saturated rings. The third-order valence-electron chi connectivity index (χ3n) is 7.12. The Kier molecular flexibility index (Phi) is 10.3. The van der Waals surface area contributed by atoms with E-state index < -0.39 is 23.9 Å². The largest absolute Gasteiger partial charge is 0.506 e. The monoisotopic (exact) mass is 566 g/mol. The number of halogens is 3. The van der Waals surface area contributed by atoms with Crippen LogP contribution in [0.2, 0.25) is 15.1 Å². The van der Waals surface area contributed by atoms with Crippen LogP contribution < -0.4 is 10.6 Å². The van der Waals surface area contributed by atoms with E-state index in [4.69, 9.17) is 34.8 Å². The number of hydrogen-bond acceptors (Lipinski definition) is 4. The molecule has 0 radical (unpaired) electrons. The minimum Gasteiger partial charge on any atom is -0.506 e. The Morgan fingerprint density at radius 3 is 2.14 bits per heavy atom. The van der Waals surface area contributed by atoms with Crippen LogP contribution in [0, 0.1) is 17.8 Å². The smallest absolute Gasteiger partial charge is 0.252 e. The standard InChI is InChI=1S/C28H33Cl3N2O4/c1-15(2)16(3)26(35)25(18-6-4-5-7-18)33-28(37)23(11-17-8-9-24(34)22(31)10-17)32-27(36)19-12-20(29)14-21(30)13-19/h8-10,12-16,18,23,25,34H,4-7,11H2,1-3H3,(H,32,36)(H,33,37)/t16?,23-,25-/m0/s1. The molecule has 1 saturated carbocycles. The van der Waals surface area contributed by atoms with Crippen molar-refractivity contribution in [2.45, 2.75) is 65.0 Å². The van der Waals surface area contributed by atoms with E-state index in [0.29, 0.717) is 15.6 Å². The minimum absolute atomic E-state index is 0.00891. The van der Waals surface area contributed by atoms with Crippen LogP contribution in [0.5, 0.6) is 5.75 Å². The third-order valence-corrected chi connectivity index (χ3v) is 7.86. The van der Waals surface area contributed by atoms with Crippen molar-refractivity contribution in [3.05, 3.63) is 62.6 Å². The summed E-state index contributed by atoms with van der Waals surface area (Å²) in [5.41, 5.74) is 0.836. The minimum atomic E-state index is -1.02. The van der Waals surface area contributed by atoms with Gasteiger partial charge in [-0.25, -0.2) is 0 Å². The number of carbonyl (C=O) groups is 3. The highest BCUT2D eigenvalue weighted by Gasteiger charge is 2.36. The molecule has 0 spiro atoms. The first-order valence-corrected chi connectivity index (χ1v) is 13.7. The summed E-state index contributed by atoms with van der Waals surface area (Å²) in [6.45, 7) is 5.87. The third kappa shape index (κ3) is 7.86. The van der Waals surface area contributed by atoms with Gasteiger partial charge in [0.15, 0.2) is 5.78 Å². The van der Waals surface area contributed by atoms with E-state index in [9.17, 15) is 19.5 Å². The molecule has 1 aliphatic carbocycles. The lowest BCUT2D eigenvalue weighted by atomic mass is 9.83. The average Bonchev–Trinajstić information content (AvgIpc) is 3.37. The Morgan fingerprint density at radius 1 is 0.946 bits per heavy atom. The van der Waals surface area contributed by atoms with Crippen LogP contribution in [0.4, 0.5) is 0 Å². The number of aromatic hydroxyl groups is 1. The van der Waals surface area contributed by atoms with Gasteiger partial charge in [-0.3, -0.25) is 14.4 Å². The SMILES string of the molecule is CC(C)C(C)C(=O)[C@@H](NC(=O)[C@H](Cc1ccc(O)c(Cl)c1)NC(=O)c1cc(Cl)cc(Cl)c1)C1CCCC1. The van der Waals surface area contributed by atoms with Gasteiger partial charge in [-0.05, 0) is 60.6 Å². The fourth-order valence-electron chi connectivity index (χ4n) is 4.63. The number of Topliss-reactive ketones (excluding diaryl/α,β-unsaturated/α-hetero) is 1. The maximum Gasteiger partial charge on any atom is 0.252 e. The second kappa shape index (κ2) is 13.0. The van der Waals surface area contributed by atoms with Crippen molar-refractivity contribution in [2.24, 2.45) is 17.8 Å². The Balaban J connectivity index is 1.89. The number of rotatable bonds is 10. The molecule has 1 aliphatic rings. The van der Waals surface area contributed by atoms with Gasteiger partial charge in [-0.15, -0.1) is 0 Å². The molecule has 0 bridgehead atoms. The molecular weight excluding hydrogens is 535 g/mol. The second-order valence-electron chi connectivity index (χ2n) is 10.1. The van der Waals surface area contributed by atoms with Crippen molar-refractivity contribution < 1.29 is 19.5 Å². The molecule has 6 nitrogen and oxygen atoms in total. The fourth-order valence-corrected chi connectivity index (χ4v) is 5.36. The molecule has 0 aromatic heterocycles. The number of amides is 2. The lowest BCUT2D eigenvalue weighted by molar-refractivity contribution is -0.132. The fraction of sp³-hybridized carbons (Fsp3) is 0.464. The van der Waals surface area contributed by atoms with Crippen molar-refractivity contribution in [3.63, 3.8) is 0 Å². The number of ketones is 1. The van der Waals surface area contributed by atoms with Crippen LogP contribution in [0.25, 0.3) is 0 Å². The quantitative estimate of drug-likeness (QED) is 0.317. The predicted molar refractivity (Wildman–Crippen MR) is 147 cm³/mol. The predicted octanol–water partition coefficient (Wildman–Crippen LogP) is 6.23. The molecule has 200 valence electrons. The van der Waals surface area contributed by atoms with Gasteiger partial charge in [0, 0.05) is 27.9 Å². The van der Waals surface area contributed by atoms with Gasteiger partial charge in [0.2, 0.25) is 5.91 Å². The van der Waals surface area contributed by atoms with Gasteiger partial charge < -0.3 is 15.7 Å². The van der Waals surface area contributed by atoms with Crippen molar-refractivity contribution in [3.8, 4) is 5.75 Å². The van der Waals surface area contributed by atoms with Crippen LogP contribution in [0.15, 0.2) is 36.4 Å². The number of hydrogen-bond donors (Lipinski definition) is 3. The number of nitrogens with one attached hydrogen (secondary N) is 2. The van der Waals surface area contributed by atoms with Gasteiger partial charge in [0.25, 0.3) is 5.91 Å². The summed E-state index contributed by atoms with van der Waals surface area (Å²) in [7, 11) is 0. The van der Waals surface area contributed by atoms with E-state index in [2.05, 4.69) is 10.6 Å². The topological polar surface area (TPSA) is 95.5 Å². The van der Waals surface area contributed by atoms with Crippen molar-refractivity contribution in [2.75, 3.05) is 0 Å². The van der Waals surface area contributed by atoms with E-state index in [0.717, 1.165) is 25.7 Å². The summed E-state index contributed by atoms with van der Waals surface area (Å²) in [5, 5.41) is 16.3. The Hall–Kier alpha value is -2.28. The van der Waals surface area contributed by atoms with Gasteiger partial charge in [-0.2, -0.15) is 0 Å². The van der Waals surface area contributed by atoms with E-state index in [1.807, 2.05) is 20.8 Å². The van der Waals surface area contributed by atoms with Crippen molar-refractivity contribution in [1.29, 1.82) is 0 Å². The molecule has 2 aromatic carbocycles. The zero-order chi connectivity index (χ0) is 27.3. The first kappa shape index (κ1) is 29.3. The molecule has 0 aliphatic heterocycles. The number of phenolic OH excluding ortho intramolecular Hbond substituents is 1. The van der Waals surface area contributed by atoms with Crippen LogP contribution in [0.1, 0.15) is 62.4 Å². The van der Waals surface area contributed by atoms with Crippen molar-refractivity contribution >= 4 is 52.4 Å². The number of benzene rings is 2. The maximum atomic E-state index is 13.7. The van der Waals surface area contributed by atoms with Crippen LogP contribution in [-0.2, 0) is 16.0 Å². The average molecular weight is 568 g/mol. The molecule has 2 amide bonds. The zero-order valence-corrected chi connectivity index (χ0v) is 23.5. The molecule has 3 N–H and O–H groups in total. The van der Waals surface area contributed by atoms with E-state index >= 15 is 0 Å². The highest BCUT2D eigenvalue weighted by atomic mass is 35.5. The Morgan fingerprint density at radius 2 is 1.57 bits per heavy atom. The summed E-state index contributed by atoms with van der Waals surface area (Å²) >= 11 is 18.2. The second-order valence-corrected chi connectivity index (χ2v) is 11.4. The Bertz CT molecular complexity index is 1130. The lowest BCUT2D eigenvalue weighted by Gasteiger charge is -2.29.